The van der Waals surface area contributed by atoms with Gasteiger partial charge in [0.2, 0.25) is 5.91 Å². The topological polar surface area (TPSA) is 49.3 Å². The molecule has 2 unspecified atom stereocenters. The third-order valence-electron chi connectivity index (χ3n) is 4.06. The molecular weight excluding hydrogens is 276 g/mol. The van der Waals surface area contributed by atoms with E-state index in [1.165, 1.54) is 6.07 Å². The summed E-state index contributed by atoms with van der Waals surface area (Å²) >= 11 is 0. The highest BCUT2D eigenvalue weighted by molar-refractivity contribution is 5.76. The van der Waals surface area contributed by atoms with Gasteiger partial charge in [-0.25, -0.2) is 8.78 Å². The molecule has 1 saturated carbocycles. The maximum Gasteiger partial charge on any atom is 0.220 e. The van der Waals surface area contributed by atoms with Gasteiger partial charge < -0.3 is 10.4 Å². The second-order valence-corrected chi connectivity index (χ2v) is 5.66. The van der Waals surface area contributed by atoms with E-state index in [-0.39, 0.29) is 24.3 Å². The van der Waals surface area contributed by atoms with Crippen molar-refractivity contribution in [2.24, 2.45) is 5.92 Å². The van der Waals surface area contributed by atoms with Crippen molar-refractivity contribution in [2.75, 3.05) is 6.54 Å². The molecule has 0 radical (unpaired) electrons. The Bertz CT molecular complexity index is 493. The molecule has 1 amide bonds. The number of aliphatic hydroxyl groups is 1. The minimum absolute atomic E-state index is 0.127. The highest BCUT2D eigenvalue weighted by atomic mass is 19.2. The molecule has 0 spiro atoms. The highest BCUT2D eigenvalue weighted by Gasteiger charge is 2.23. The SMILES string of the molecule is O=C(CCc1ccc(F)c(F)c1)NCC1CCCCC1O. The molecule has 1 aromatic rings. The van der Waals surface area contributed by atoms with Crippen LogP contribution < -0.4 is 5.32 Å². The summed E-state index contributed by atoms with van der Waals surface area (Å²) in [6.45, 7) is 0.484. The number of rotatable bonds is 5. The molecule has 1 aliphatic carbocycles. The number of hydrogen-bond donors (Lipinski definition) is 2. The largest absolute Gasteiger partial charge is 0.393 e. The number of aryl methyl sites for hydroxylation is 1. The molecule has 5 heteroatoms. The summed E-state index contributed by atoms with van der Waals surface area (Å²) in [7, 11) is 0. The van der Waals surface area contributed by atoms with Crippen molar-refractivity contribution >= 4 is 5.91 Å². The van der Waals surface area contributed by atoms with Gasteiger partial charge in [-0.2, -0.15) is 0 Å². The third-order valence-corrected chi connectivity index (χ3v) is 4.06. The number of carbonyl (C=O) groups excluding carboxylic acids is 1. The summed E-state index contributed by atoms with van der Waals surface area (Å²) in [6.07, 6.45) is 4.14. The van der Waals surface area contributed by atoms with Crippen LogP contribution in [-0.2, 0) is 11.2 Å². The van der Waals surface area contributed by atoms with Gasteiger partial charge in [0.15, 0.2) is 11.6 Å². The number of aliphatic hydroxyl groups excluding tert-OH is 1. The van der Waals surface area contributed by atoms with Gasteiger partial charge in [-0.15, -0.1) is 0 Å². The zero-order chi connectivity index (χ0) is 15.2. The van der Waals surface area contributed by atoms with Crippen molar-refractivity contribution in [1.29, 1.82) is 0 Å². The van der Waals surface area contributed by atoms with Crippen LogP contribution in [0.2, 0.25) is 0 Å². The van der Waals surface area contributed by atoms with Crippen LogP contribution in [0, 0.1) is 17.6 Å². The molecule has 21 heavy (non-hydrogen) atoms. The molecule has 2 rings (SSSR count). The molecule has 0 bridgehead atoms. The van der Waals surface area contributed by atoms with E-state index in [2.05, 4.69) is 5.32 Å². The second kappa shape index (κ2) is 7.50. The third kappa shape index (κ3) is 4.77. The molecular formula is C16H21F2NO2. The number of carbonyl (C=O) groups is 1. The molecule has 0 aromatic heterocycles. The highest BCUT2D eigenvalue weighted by Crippen LogP contribution is 2.23. The van der Waals surface area contributed by atoms with E-state index in [9.17, 15) is 18.7 Å². The van der Waals surface area contributed by atoms with Crippen LogP contribution in [0.1, 0.15) is 37.7 Å². The fourth-order valence-electron chi connectivity index (χ4n) is 2.71. The van der Waals surface area contributed by atoms with Crippen LogP contribution in [-0.4, -0.2) is 23.7 Å². The summed E-state index contributed by atoms with van der Waals surface area (Å²) in [5, 5.41) is 12.6. The number of halogens is 2. The van der Waals surface area contributed by atoms with E-state index in [0.717, 1.165) is 37.8 Å². The van der Waals surface area contributed by atoms with Gasteiger partial charge in [-0.3, -0.25) is 4.79 Å². The average molecular weight is 297 g/mol. The monoisotopic (exact) mass is 297 g/mol. The van der Waals surface area contributed by atoms with Crippen LogP contribution >= 0.6 is 0 Å². The van der Waals surface area contributed by atoms with Crippen molar-refractivity contribution in [2.45, 2.75) is 44.6 Å². The molecule has 1 fully saturated rings. The summed E-state index contributed by atoms with van der Waals surface area (Å²) < 4.78 is 25.8. The van der Waals surface area contributed by atoms with E-state index in [1.54, 1.807) is 0 Å². The van der Waals surface area contributed by atoms with Crippen molar-refractivity contribution in [3.63, 3.8) is 0 Å². The Labute approximate surface area is 123 Å². The van der Waals surface area contributed by atoms with E-state index in [0.29, 0.717) is 18.5 Å². The van der Waals surface area contributed by atoms with Crippen molar-refractivity contribution < 1.29 is 18.7 Å². The smallest absolute Gasteiger partial charge is 0.220 e. The lowest BCUT2D eigenvalue weighted by Crippen LogP contribution is -2.36. The second-order valence-electron chi connectivity index (χ2n) is 5.66. The molecule has 1 aliphatic rings. The van der Waals surface area contributed by atoms with Gasteiger partial charge in [-0.1, -0.05) is 18.9 Å². The molecule has 0 aliphatic heterocycles. The number of benzene rings is 1. The van der Waals surface area contributed by atoms with Crippen molar-refractivity contribution in [3.05, 3.63) is 35.4 Å². The normalized spacial score (nSPS) is 22.0. The first-order valence-electron chi connectivity index (χ1n) is 7.45. The first kappa shape index (κ1) is 15.9. The Hall–Kier alpha value is -1.49. The lowest BCUT2D eigenvalue weighted by molar-refractivity contribution is -0.121. The quantitative estimate of drug-likeness (QED) is 0.877. The predicted molar refractivity (Wildman–Crippen MR) is 75.7 cm³/mol. The Morgan fingerprint density at radius 1 is 1.24 bits per heavy atom. The summed E-state index contributed by atoms with van der Waals surface area (Å²) in [6, 6.07) is 3.67. The Balaban J connectivity index is 1.73. The summed E-state index contributed by atoms with van der Waals surface area (Å²) in [5.74, 6) is -1.77. The Morgan fingerprint density at radius 3 is 2.71 bits per heavy atom. The molecule has 0 saturated heterocycles. The Morgan fingerprint density at radius 2 is 2.00 bits per heavy atom. The van der Waals surface area contributed by atoms with Gasteiger partial charge in [0.05, 0.1) is 6.10 Å². The van der Waals surface area contributed by atoms with Crippen molar-refractivity contribution in [1.82, 2.24) is 5.32 Å². The predicted octanol–water partition coefficient (Wildman–Crippen LogP) is 2.56. The van der Waals surface area contributed by atoms with Gasteiger partial charge >= 0.3 is 0 Å². The van der Waals surface area contributed by atoms with Crippen LogP contribution in [0.25, 0.3) is 0 Å². The first-order chi connectivity index (χ1) is 10.1. The van der Waals surface area contributed by atoms with E-state index in [4.69, 9.17) is 0 Å². The van der Waals surface area contributed by atoms with E-state index in [1.807, 2.05) is 0 Å². The molecule has 0 heterocycles. The number of nitrogens with one attached hydrogen (secondary N) is 1. The van der Waals surface area contributed by atoms with Gasteiger partial charge in [0.25, 0.3) is 0 Å². The average Bonchev–Trinajstić information content (AvgIpc) is 2.47. The lowest BCUT2D eigenvalue weighted by Gasteiger charge is -2.27. The maximum absolute atomic E-state index is 13.0. The van der Waals surface area contributed by atoms with Crippen LogP contribution in [0.15, 0.2) is 18.2 Å². The zero-order valence-corrected chi connectivity index (χ0v) is 11.9. The zero-order valence-electron chi connectivity index (χ0n) is 11.9. The standard InChI is InChI=1S/C16H21F2NO2/c17-13-7-5-11(9-14(13)18)6-8-16(21)19-10-12-3-1-2-4-15(12)20/h5,7,9,12,15,20H,1-4,6,8,10H2,(H,19,21). The maximum atomic E-state index is 13.0. The molecule has 2 N–H and O–H groups in total. The molecule has 2 atom stereocenters. The minimum atomic E-state index is -0.891. The lowest BCUT2D eigenvalue weighted by atomic mass is 9.86. The van der Waals surface area contributed by atoms with E-state index >= 15 is 0 Å². The van der Waals surface area contributed by atoms with Gasteiger partial charge in [0.1, 0.15) is 0 Å². The van der Waals surface area contributed by atoms with Gasteiger partial charge in [0, 0.05) is 18.9 Å². The van der Waals surface area contributed by atoms with Crippen LogP contribution in [0.4, 0.5) is 8.78 Å². The van der Waals surface area contributed by atoms with E-state index < -0.39 is 11.6 Å². The van der Waals surface area contributed by atoms with Gasteiger partial charge in [-0.05, 0) is 37.0 Å². The minimum Gasteiger partial charge on any atom is -0.393 e. The number of amides is 1. The Kier molecular flexibility index (Phi) is 5.67. The molecule has 116 valence electrons. The molecule has 1 aromatic carbocycles. The fourth-order valence-corrected chi connectivity index (χ4v) is 2.71. The van der Waals surface area contributed by atoms with Crippen LogP contribution in [0.3, 0.4) is 0 Å². The van der Waals surface area contributed by atoms with Crippen molar-refractivity contribution in [3.8, 4) is 0 Å². The van der Waals surface area contributed by atoms with Crippen LogP contribution in [0.5, 0.6) is 0 Å². The first-order valence-corrected chi connectivity index (χ1v) is 7.45. The summed E-state index contributed by atoms with van der Waals surface area (Å²) in [5.41, 5.74) is 0.599. The number of hydrogen-bond acceptors (Lipinski definition) is 2. The summed E-state index contributed by atoms with van der Waals surface area (Å²) in [4.78, 5) is 11.8. The fraction of sp³-hybridized carbons (Fsp3) is 0.562. The molecule has 3 nitrogen and oxygen atoms in total.